The van der Waals surface area contributed by atoms with Gasteiger partial charge in [-0.25, -0.2) is 0 Å². The summed E-state index contributed by atoms with van der Waals surface area (Å²) < 4.78 is 0. The summed E-state index contributed by atoms with van der Waals surface area (Å²) in [5.41, 5.74) is 11.2. The number of piperazine rings is 1. The van der Waals surface area contributed by atoms with Gasteiger partial charge < -0.3 is 42.9 Å². The Morgan fingerprint density at radius 1 is 0.722 bits per heavy atom. The lowest BCUT2D eigenvalue weighted by Crippen LogP contribution is -2.61. The van der Waals surface area contributed by atoms with Crippen LogP contribution in [0.1, 0.15) is 64.2 Å². The van der Waals surface area contributed by atoms with Gasteiger partial charge in [0.2, 0.25) is 23.6 Å². The van der Waals surface area contributed by atoms with Crippen molar-refractivity contribution >= 4 is 35.6 Å². The van der Waals surface area contributed by atoms with E-state index in [9.17, 15) is 28.8 Å². The second-order valence-corrected chi connectivity index (χ2v) is 8.77. The molecule has 2 unspecified atom stereocenters. The third-order valence-corrected chi connectivity index (χ3v) is 5.72. The van der Waals surface area contributed by atoms with E-state index in [2.05, 4.69) is 21.3 Å². The SMILES string of the molecule is N[C@@H](CCC(=O)O)C(=O)NCCCCC1NC(=O)C(CCCCNC(=O)[C@@H](N)CCC(=O)O)NC1=O. The Morgan fingerprint density at radius 3 is 1.42 bits per heavy atom. The van der Waals surface area contributed by atoms with Gasteiger partial charge in [0.1, 0.15) is 12.1 Å². The molecule has 0 aromatic rings. The van der Waals surface area contributed by atoms with Crippen LogP contribution in [0.15, 0.2) is 0 Å². The van der Waals surface area contributed by atoms with Crippen molar-refractivity contribution in [1.82, 2.24) is 21.3 Å². The number of unbranched alkanes of at least 4 members (excludes halogenated alkanes) is 2. The Hall–Kier alpha value is -3.26. The normalized spacial score (nSPS) is 18.9. The number of amides is 4. The second kappa shape index (κ2) is 16.4. The van der Waals surface area contributed by atoms with Crippen LogP contribution < -0.4 is 32.7 Å². The summed E-state index contributed by atoms with van der Waals surface area (Å²) in [5, 5.41) is 27.9. The standard InChI is InChI=1S/C22H38N6O8/c23-13(7-9-17(29)30)19(33)25-11-3-1-5-15-21(35)28-16(22(36)27-15)6-2-4-12-26-20(34)14(24)8-10-18(31)32/h13-16H,1-12,23-24H2,(H,25,33)(H,26,34)(H,27,36)(H,28,35)(H,29,30)(H,31,32)/t13-,14-,15?,16?/m0/s1. The second-order valence-electron chi connectivity index (χ2n) is 8.77. The van der Waals surface area contributed by atoms with E-state index in [0.717, 1.165) is 0 Å². The molecule has 36 heavy (non-hydrogen) atoms. The number of nitrogens with two attached hydrogens (primary N) is 2. The molecule has 1 saturated heterocycles. The van der Waals surface area contributed by atoms with Crippen LogP contribution in [-0.4, -0.2) is 83.0 Å². The molecule has 14 heteroatoms. The van der Waals surface area contributed by atoms with Crippen molar-refractivity contribution in [2.45, 2.75) is 88.4 Å². The molecule has 1 fully saturated rings. The molecule has 1 heterocycles. The third kappa shape index (κ3) is 12.4. The molecule has 0 saturated carbocycles. The molecule has 1 aliphatic heterocycles. The van der Waals surface area contributed by atoms with Gasteiger partial charge in [-0.3, -0.25) is 28.8 Å². The molecule has 0 aliphatic carbocycles. The zero-order valence-corrected chi connectivity index (χ0v) is 20.3. The van der Waals surface area contributed by atoms with Crippen molar-refractivity contribution in [3.05, 3.63) is 0 Å². The maximum Gasteiger partial charge on any atom is 0.303 e. The predicted octanol–water partition coefficient (Wildman–Crippen LogP) is -2.07. The van der Waals surface area contributed by atoms with Gasteiger partial charge in [-0.1, -0.05) is 0 Å². The van der Waals surface area contributed by atoms with E-state index in [1.165, 1.54) is 0 Å². The van der Waals surface area contributed by atoms with Crippen LogP contribution in [-0.2, 0) is 28.8 Å². The predicted molar refractivity (Wildman–Crippen MR) is 127 cm³/mol. The van der Waals surface area contributed by atoms with Crippen molar-refractivity contribution in [2.24, 2.45) is 11.5 Å². The van der Waals surface area contributed by atoms with Crippen LogP contribution >= 0.6 is 0 Å². The highest BCUT2D eigenvalue weighted by Gasteiger charge is 2.32. The summed E-state index contributed by atoms with van der Waals surface area (Å²) in [4.78, 5) is 69.3. The number of nitrogens with one attached hydrogen (secondary N) is 4. The van der Waals surface area contributed by atoms with E-state index < -0.39 is 47.9 Å². The van der Waals surface area contributed by atoms with E-state index in [4.69, 9.17) is 21.7 Å². The van der Waals surface area contributed by atoms with Gasteiger partial charge >= 0.3 is 11.9 Å². The van der Waals surface area contributed by atoms with Crippen LogP contribution in [0.5, 0.6) is 0 Å². The number of carbonyl (C=O) groups excluding carboxylic acids is 4. The lowest BCUT2D eigenvalue weighted by Gasteiger charge is -2.29. The Bertz CT molecular complexity index is 729. The van der Waals surface area contributed by atoms with Gasteiger partial charge in [0.05, 0.1) is 12.1 Å². The van der Waals surface area contributed by atoms with E-state index >= 15 is 0 Å². The van der Waals surface area contributed by atoms with Gasteiger partial charge in [-0.05, 0) is 51.4 Å². The molecule has 204 valence electrons. The van der Waals surface area contributed by atoms with Gasteiger partial charge in [-0.15, -0.1) is 0 Å². The van der Waals surface area contributed by atoms with Gasteiger partial charge in [-0.2, -0.15) is 0 Å². The fraction of sp³-hybridized carbons (Fsp3) is 0.727. The lowest BCUT2D eigenvalue weighted by molar-refractivity contribution is -0.138. The van der Waals surface area contributed by atoms with Crippen LogP contribution in [0.3, 0.4) is 0 Å². The number of hydrogen-bond donors (Lipinski definition) is 8. The van der Waals surface area contributed by atoms with Crippen molar-refractivity contribution < 1.29 is 39.0 Å². The van der Waals surface area contributed by atoms with E-state index in [1.807, 2.05) is 0 Å². The number of carboxylic acid groups (broad SMARTS) is 2. The smallest absolute Gasteiger partial charge is 0.303 e. The first-order chi connectivity index (χ1) is 17.0. The molecule has 4 atom stereocenters. The first kappa shape index (κ1) is 30.8. The van der Waals surface area contributed by atoms with Crippen LogP contribution in [0.4, 0.5) is 0 Å². The van der Waals surface area contributed by atoms with Crippen LogP contribution in [0.2, 0.25) is 0 Å². The highest BCUT2D eigenvalue weighted by molar-refractivity contribution is 5.96. The number of aliphatic carboxylic acids is 2. The molecule has 4 amide bonds. The Labute approximate surface area is 209 Å². The summed E-state index contributed by atoms with van der Waals surface area (Å²) in [7, 11) is 0. The maximum atomic E-state index is 12.3. The molecule has 0 aromatic heterocycles. The minimum atomic E-state index is -1.02. The van der Waals surface area contributed by atoms with Gasteiger partial charge in [0.15, 0.2) is 0 Å². The molecular formula is C22H38N6O8. The first-order valence-corrected chi connectivity index (χ1v) is 12.1. The van der Waals surface area contributed by atoms with Crippen molar-refractivity contribution in [3.8, 4) is 0 Å². The highest BCUT2D eigenvalue weighted by Crippen LogP contribution is 2.10. The minimum Gasteiger partial charge on any atom is -0.481 e. The molecule has 0 radical (unpaired) electrons. The van der Waals surface area contributed by atoms with Crippen molar-refractivity contribution in [3.63, 3.8) is 0 Å². The average molecular weight is 515 g/mol. The van der Waals surface area contributed by atoms with Crippen LogP contribution in [0.25, 0.3) is 0 Å². The monoisotopic (exact) mass is 514 g/mol. The summed E-state index contributed by atoms with van der Waals surface area (Å²) >= 11 is 0. The topological polar surface area (TPSA) is 243 Å². The summed E-state index contributed by atoms with van der Waals surface area (Å²) in [6.45, 7) is 0.650. The molecule has 10 N–H and O–H groups in total. The Morgan fingerprint density at radius 2 is 1.08 bits per heavy atom. The number of hydrogen-bond acceptors (Lipinski definition) is 8. The van der Waals surface area contributed by atoms with Crippen molar-refractivity contribution in [2.75, 3.05) is 13.1 Å². The first-order valence-electron chi connectivity index (χ1n) is 12.1. The zero-order chi connectivity index (χ0) is 27.1. The quantitative estimate of drug-likeness (QED) is 0.0928. The molecule has 1 aliphatic rings. The largest absolute Gasteiger partial charge is 0.481 e. The zero-order valence-electron chi connectivity index (χ0n) is 20.3. The van der Waals surface area contributed by atoms with E-state index in [0.29, 0.717) is 51.6 Å². The highest BCUT2D eigenvalue weighted by atomic mass is 16.4. The summed E-state index contributed by atoms with van der Waals surface area (Å²) in [6.07, 6.45) is 2.80. The summed E-state index contributed by atoms with van der Waals surface area (Å²) in [6, 6.07) is -3.10. The molecule has 14 nitrogen and oxygen atoms in total. The lowest BCUT2D eigenvalue weighted by atomic mass is 10.0. The van der Waals surface area contributed by atoms with E-state index in [1.54, 1.807) is 0 Å². The Balaban J connectivity index is 2.18. The molecule has 1 rings (SSSR count). The maximum absolute atomic E-state index is 12.3. The van der Waals surface area contributed by atoms with Crippen LogP contribution in [0, 0.1) is 0 Å². The fourth-order valence-electron chi connectivity index (χ4n) is 3.53. The third-order valence-electron chi connectivity index (χ3n) is 5.72. The Kier molecular flexibility index (Phi) is 14.0. The number of carboxylic acids is 2. The van der Waals surface area contributed by atoms with E-state index in [-0.39, 0.29) is 37.5 Å². The molecule has 0 aromatic carbocycles. The van der Waals surface area contributed by atoms with Gasteiger partial charge in [0.25, 0.3) is 0 Å². The average Bonchev–Trinajstić information content (AvgIpc) is 2.82. The minimum absolute atomic E-state index is 0.0496. The fourth-order valence-corrected chi connectivity index (χ4v) is 3.53. The molecule has 0 spiro atoms. The van der Waals surface area contributed by atoms with Crippen molar-refractivity contribution in [1.29, 1.82) is 0 Å². The van der Waals surface area contributed by atoms with Gasteiger partial charge in [0, 0.05) is 25.9 Å². The molecular weight excluding hydrogens is 476 g/mol. The number of carbonyl (C=O) groups is 6. The molecule has 0 bridgehead atoms. The number of rotatable bonds is 18. The summed E-state index contributed by atoms with van der Waals surface area (Å²) in [5.74, 6) is -3.46.